The van der Waals surface area contributed by atoms with E-state index in [1.54, 1.807) is 0 Å². The SMILES string of the molecule is CC(C)=C(Br)CC/C(CBr)=C(\Cl)CBr. The van der Waals surface area contributed by atoms with E-state index in [0.717, 1.165) is 28.5 Å². The Labute approximate surface area is 117 Å². The van der Waals surface area contributed by atoms with Crippen molar-refractivity contribution in [2.75, 3.05) is 10.7 Å². The standard InChI is InChI=1S/C10H14Br3Cl/c1-7(2)9(13)4-3-8(5-11)10(14)6-12/h3-6H2,1-2H3/b10-8+. The van der Waals surface area contributed by atoms with Crippen LogP contribution < -0.4 is 0 Å². The van der Waals surface area contributed by atoms with Crippen molar-refractivity contribution in [2.45, 2.75) is 26.7 Å². The first-order valence-electron chi connectivity index (χ1n) is 4.33. The summed E-state index contributed by atoms with van der Waals surface area (Å²) >= 11 is 16.4. The van der Waals surface area contributed by atoms with Crippen molar-refractivity contribution in [3.63, 3.8) is 0 Å². The second kappa shape index (κ2) is 8.37. The Morgan fingerprint density at radius 3 is 2.00 bits per heavy atom. The lowest BCUT2D eigenvalue weighted by molar-refractivity contribution is 0.958. The summed E-state index contributed by atoms with van der Waals surface area (Å²) < 4.78 is 1.27. The molecule has 0 N–H and O–H groups in total. The molecule has 0 aromatic rings. The van der Waals surface area contributed by atoms with E-state index in [2.05, 4.69) is 61.6 Å². The fraction of sp³-hybridized carbons (Fsp3) is 0.600. The lowest BCUT2D eigenvalue weighted by Crippen LogP contribution is -1.91. The number of rotatable bonds is 5. The smallest absolute Gasteiger partial charge is 0.0390 e. The summed E-state index contributed by atoms with van der Waals surface area (Å²) in [5, 5.41) is 2.50. The van der Waals surface area contributed by atoms with Gasteiger partial charge in [-0.1, -0.05) is 65.0 Å². The highest BCUT2D eigenvalue weighted by Crippen LogP contribution is 2.25. The Hall–Kier alpha value is 1.21. The van der Waals surface area contributed by atoms with Crippen LogP contribution in [0.4, 0.5) is 0 Å². The monoisotopic (exact) mass is 406 g/mol. The fourth-order valence-electron chi connectivity index (χ4n) is 0.880. The summed E-state index contributed by atoms with van der Waals surface area (Å²) in [5.74, 6) is 0. The molecular weight excluding hydrogens is 395 g/mol. The van der Waals surface area contributed by atoms with Gasteiger partial charge in [-0.2, -0.15) is 0 Å². The minimum absolute atomic E-state index is 0.738. The molecule has 0 nitrogen and oxygen atoms in total. The molecule has 0 saturated carbocycles. The molecule has 0 aliphatic heterocycles. The Kier molecular flexibility index (Phi) is 9.10. The van der Waals surface area contributed by atoms with Crippen molar-refractivity contribution in [3.8, 4) is 0 Å². The number of hydrogen-bond acceptors (Lipinski definition) is 0. The topological polar surface area (TPSA) is 0 Å². The lowest BCUT2D eigenvalue weighted by Gasteiger charge is -2.07. The Morgan fingerprint density at radius 1 is 1.07 bits per heavy atom. The zero-order valence-corrected chi connectivity index (χ0v) is 13.9. The van der Waals surface area contributed by atoms with E-state index >= 15 is 0 Å². The van der Waals surface area contributed by atoms with Gasteiger partial charge in [-0.25, -0.2) is 0 Å². The van der Waals surface area contributed by atoms with Crippen LogP contribution in [0.25, 0.3) is 0 Å². The molecule has 0 aromatic heterocycles. The van der Waals surface area contributed by atoms with E-state index in [-0.39, 0.29) is 0 Å². The summed E-state index contributed by atoms with van der Waals surface area (Å²) in [6.07, 6.45) is 2.02. The van der Waals surface area contributed by atoms with E-state index in [1.165, 1.54) is 15.6 Å². The molecule has 0 atom stereocenters. The van der Waals surface area contributed by atoms with Gasteiger partial charge in [0.25, 0.3) is 0 Å². The van der Waals surface area contributed by atoms with Gasteiger partial charge in [-0.3, -0.25) is 0 Å². The third kappa shape index (κ3) is 5.94. The average molecular weight is 409 g/mol. The molecule has 0 aromatic carbocycles. The van der Waals surface area contributed by atoms with Crippen LogP contribution in [0.5, 0.6) is 0 Å². The molecule has 0 unspecified atom stereocenters. The number of alkyl halides is 2. The van der Waals surface area contributed by atoms with Gasteiger partial charge in [-0.15, -0.1) is 0 Å². The largest absolute Gasteiger partial charge is 0.0882 e. The summed E-state index contributed by atoms with van der Waals surface area (Å²) in [6.45, 7) is 4.21. The van der Waals surface area contributed by atoms with Gasteiger partial charge >= 0.3 is 0 Å². The highest BCUT2D eigenvalue weighted by Gasteiger charge is 2.04. The van der Waals surface area contributed by atoms with Crippen molar-refractivity contribution >= 4 is 59.4 Å². The van der Waals surface area contributed by atoms with Crippen LogP contribution in [0, 0.1) is 0 Å². The quantitative estimate of drug-likeness (QED) is 0.508. The maximum atomic E-state index is 6.07. The number of halogens is 4. The van der Waals surface area contributed by atoms with E-state index in [9.17, 15) is 0 Å². The zero-order valence-electron chi connectivity index (χ0n) is 8.34. The van der Waals surface area contributed by atoms with Crippen molar-refractivity contribution in [1.29, 1.82) is 0 Å². The van der Waals surface area contributed by atoms with Crippen LogP contribution >= 0.6 is 59.4 Å². The Morgan fingerprint density at radius 2 is 1.64 bits per heavy atom. The molecule has 0 aliphatic rings. The lowest BCUT2D eigenvalue weighted by atomic mass is 10.1. The molecule has 0 heterocycles. The molecule has 14 heavy (non-hydrogen) atoms. The zero-order chi connectivity index (χ0) is 11.1. The molecule has 0 amide bonds. The molecule has 0 rings (SSSR count). The highest BCUT2D eigenvalue weighted by atomic mass is 79.9. The van der Waals surface area contributed by atoms with Gasteiger partial charge < -0.3 is 0 Å². The van der Waals surface area contributed by atoms with Crippen LogP contribution in [-0.4, -0.2) is 10.7 Å². The first-order valence-corrected chi connectivity index (χ1v) is 7.74. The predicted octanol–water partition coefficient (Wildman–Crippen LogP) is 5.74. The van der Waals surface area contributed by atoms with Gasteiger partial charge in [0.05, 0.1) is 0 Å². The highest BCUT2D eigenvalue weighted by molar-refractivity contribution is 9.11. The van der Waals surface area contributed by atoms with Crippen molar-refractivity contribution < 1.29 is 0 Å². The van der Waals surface area contributed by atoms with Crippen LogP contribution in [0.1, 0.15) is 26.7 Å². The normalized spacial score (nSPS) is 12.4. The molecule has 82 valence electrons. The molecule has 0 radical (unpaired) electrons. The van der Waals surface area contributed by atoms with Gasteiger partial charge in [0.15, 0.2) is 0 Å². The summed E-state index contributed by atoms with van der Waals surface area (Å²) in [6, 6.07) is 0. The van der Waals surface area contributed by atoms with Crippen molar-refractivity contribution in [2.24, 2.45) is 0 Å². The Bertz CT molecular complexity index is 240. The van der Waals surface area contributed by atoms with E-state index in [4.69, 9.17) is 11.6 Å². The Balaban J connectivity index is 4.31. The van der Waals surface area contributed by atoms with Crippen LogP contribution in [0.3, 0.4) is 0 Å². The molecular formula is C10H14Br3Cl. The van der Waals surface area contributed by atoms with E-state index < -0.39 is 0 Å². The maximum Gasteiger partial charge on any atom is 0.0390 e. The second-order valence-electron chi connectivity index (χ2n) is 3.18. The minimum atomic E-state index is 0.738. The molecule has 0 bridgehead atoms. The number of hydrogen-bond donors (Lipinski definition) is 0. The average Bonchev–Trinajstić information content (AvgIpc) is 2.17. The summed E-state index contributed by atoms with van der Waals surface area (Å²) in [5.41, 5.74) is 2.59. The molecule has 0 aliphatic carbocycles. The molecule has 0 spiro atoms. The molecule has 0 saturated heterocycles. The van der Waals surface area contributed by atoms with Gasteiger partial charge in [0.1, 0.15) is 0 Å². The van der Waals surface area contributed by atoms with Crippen LogP contribution in [-0.2, 0) is 0 Å². The maximum absolute atomic E-state index is 6.07. The van der Waals surface area contributed by atoms with Gasteiger partial charge in [0.2, 0.25) is 0 Å². The molecule has 4 heteroatoms. The van der Waals surface area contributed by atoms with Crippen LogP contribution in [0.15, 0.2) is 20.7 Å². The van der Waals surface area contributed by atoms with E-state index in [1.807, 2.05) is 0 Å². The first-order chi connectivity index (χ1) is 6.52. The first kappa shape index (κ1) is 15.2. The third-order valence-electron chi connectivity index (χ3n) is 1.85. The van der Waals surface area contributed by atoms with Gasteiger partial charge in [-0.05, 0) is 36.7 Å². The van der Waals surface area contributed by atoms with Crippen molar-refractivity contribution in [1.82, 2.24) is 0 Å². The third-order valence-corrected chi connectivity index (χ3v) is 5.00. The summed E-state index contributed by atoms with van der Waals surface area (Å²) in [4.78, 5) is 0. The number of allylic oxidation sites excluding steroid dienone is 4. The predicted molar refractivity (Wildman–Crippen MR) is 77.0 cm³/mol. The second-order valence-corrected chi connectivity index (χ2v) is 5.72. The molecule has 0 fully saturated rings. The van der Waals surface area contributed by atoms with Crippen LogP contribution in [0.2, 0.25) is 0 Å². The van der Waals surface area contributed by atoms with E-state index in [0.29, 0.717) is 0 Å². The van der Waals surface area contributed by atoms with Crippen molar-refractivity contribution in [3.05, 3.63) is 20.7 Å². The van der Waals surface area contributed by atoms with Gasteiger partial charge in [0, 0.05) is 15.7 Å². The minimum Gasteiger partial charge on any atom is -0.0882 e. The summed E-state index contributed by atoms with van der Waals surface area (Å²) in [7, 11) is 0. The fourth-order valence-corrected chi connectivity index (χ4v) is 2.42.